The summed E-state index contributed by atoms with van der Waals surface area (Å²) in [6, 6.07) is 14.5. The first kappa shape index (κ1) is 20.6. The molecular formula is C22H27N3O4. The molecule has 1 fully saturated rings. The van der Waals surface area contributed by atoms with Crippen molar-refractivity contribution in [1.82, 2.24) is 4.90 Å². The van der Waals surface area contributed by atoms with Gasteiger partial charge < -0.3 is 14.5 Å². The van der Waals surface area contributed by atoms with E-state index in [4.69, 9.17) is 4.74 Å². The van der Waals surface area contributed by atoms with Crippen LogP contribution < -0.4 is 9.64 Å². The number of rotatable bonds is 7. The minimum absolute atomic E-state index is 0.0280. The van der Waals surface area contributed by atoms with Crippen molar-refractivity contribution in [3.63, 3.8) is 0 Å². The highest BCUT2D eigenvalue weighted by atomic mass is 16.6. The van der Waals surface area contributed by atoms with E-state index in [0.29, 0.717) is 37.8 Å². The smallest absolute Gasteiger partial charge is 0.269 e. The van der Waals surface area contributed by atoms with E-state index < -0.39 is 4.92 Å². The van der Waals surface area contributed by atoms with Crippen LogP contribution in [0.4, 0.5) is 11.4 Å². The average molecular weight is 397 g/mol. The van der Waals surface area contributed by atoms with Gasteiger partial charge in [-0.2, -0.15) is 0 Å². The maximum Gasteiger partial charge on any atom is 0.269 e. The Morgan fingerprint density at radius 2 is 1.69 bits per heavy atom. The fourth-order valence-electron chi connectivity index (χ4n) is 3.36. The summed E-state index contributed by atoms with van der Waals surface area (Å²) in [6.07, 6.45) is 1.09. The Morgan fingerprint density at radius 1 is 1.07 bits per heavy atom. The van der Waals surface area contributed by atoms with E-state index in [-0.39, 0.29) is 18.2 Å². The predicted molar refractivity (Wildman–Crippen MR) is 113 cm³/mol. The van der Waals surface area contributed by atoms with Gasteiger partial charge in [-0.1, -0.05) is 26.0 Å². The second-order valence-corrected chi connectivity index (χ2v) is 7.31. The number of piperazine rings is 1. The summed E-state index contributed by atoms with van der Waals surface area (Å²) in [5, 5.41) is 10.8. The first-order valence-corrected chi connectivity index (χ1v) is 9.98. The SMILES string of the molecule is CCC(C)c1ccc(OCC(=O)N2CCN(c3ccc([N+](=O)[O-])cc3)CC2)cc1. The number of anilines is 1. The van der Waals surface area contributed by atoms with Crippen LogP contribution in [0, 0.1) is 10.1 Å². The molecule has 1 unspecified atom stereocenters. The summed E-state index contributed by atoms with van der Waals surface area (Å²) in [4.78, 5) is 26.8. The first-order valence-electron chi connectivity index (χ1n) is 9.98. The molecule has 154 valence electrons. The molecule has 0 N–H and O–H groups in total. The van der Waals surface area contributed by atoms with Crippen LogP contribution in [0.1, 0.15) is 31.7 Å². The van der Waals surface area contributed by atoms with Crippen molar-refractivity contribution in [2.24, 2.45) is 0 Å². The molecule has 1 aliphatic heterocycles. The molecule has 2 aromatic rings. The minimum Gasteiger partial charge on any atom is -0.484 e. The van der Waals surface area contributed by atoms with Crippen LogP contribution in [-0.2, 0) is 4.79 Å². The van der Waals surface area contributed by atoms with E-state index in [1.54, 1.807) is 17.0 Å². The number of non-ortho nitro benzene ring substituents is 1. The van der Waals surface area contributed by atoms with Crippen LogP contribution in [0.3, 0.4) is 0 Å². The van der Waals surface area contributed by atoms with Crippen molar-refractivity contribution in [2.45, 2.75) is 26.2 Å². The molecular weight excluding hydrogens is 370 g/mol. The van der Waals surface area contributed by atoms with E-state index in [1.807, 2.05) is 12.1 Å². The fraction of sp³-hybridized carbons (Fsp3) is 0.409. The molecule has 0 saturated carbocycles. The third-order valence-electron chi connectivity index (χ3n) is 5.48. The summed E-state index contributed by atoms with van der Waals surface area (Å²) in [6.45, 7) is 6.96. The van der Waals surface area contributed by atoms with Gasteiger partial charge in [0.15, 0.2) is 6.61 Å². The van der Waals surface area contributed by atoms with Gasteiger partial charge in [0.2, 0.25) is 0 Å². The number of carbonyl (C=O) groups is 1. The fourth-order valence-corrected chi connectivity index (χ4v) is 3.36. The molecule has 1 aliphatic rings. The maximum atomic E-state index is 12.5. The quantitative estimate of drug-likeness (QED) is 0.524. The Morgan fingerprint density at radius 3 is 2.24 bits per heavy atom. The number of amides is 1. The molecule has 0 aromatic heterocycles. The lowest BCUT2D eigenvalue weighted by Crippen LogP contribution is -2.50. The third-order valence-corrected chi connectivity index (χ3v) is 5.48. The summed E-state index contributed by atoms with van der Waals surface area (Å²) in [5.41, 5.74) is 2.28. The van der Waals surface area contributed by atoms with Gasteiger partial charge >= 0.3 is 0 Å². The van der Waals surface area contributed by atoms with Gasteiger partial charge in [0.1, 0.15) is 5.75 Å². The summed E-state index contributed by atoms with van der Waals surface area (Å²) in [5.74, 6) is 1.19. The number of carbonyl (C=O) groups excluding carboxylic acids is 1. The molecule has 2 aromatic carbocycles. The topological polar surface area (TPSA) is 75.9 Å². The largest absolute Gasteiger partial charge is 0.484 e. The molecule has 1 saturated heterocycles. The van der Waals surface area contributed by atoms with Crippen molar-refractivity contribution >= 4 is 17.3 Å². The lowest BCUT2D eigenvalue weighted by molar-refractivity contribution is -0.384. The second kappa shape index (κ2) is 9.41. The molecule has 1 atom stereocenters. The van der Waals surface area contributed by atoms with Gasteiger partial charge in [0.25, 0.3) is 11.6 Å². The van der Waals surface area contributed by atoms with Crippen molar-refractivity contribution < 1.29 is 14.5 Å². The average Bonchev–Trinajstić information content (AvgIpc) is 2.77. The maximum absolute atomic E-state index is 12.5. The van der Waals surface area contributed by atoms with Gasteiger partial charge in [-0.25, -0.2) is 0 Å². The molecule has 1 amide bonds. The molecule has 7 nitrogen and oxygen atoms in total. The van der Waals surface area contributed by atoms with Crippen LogP contribution in [-0.4, -0.2) is 48.5 Å². The van der Waals surface area contributed by atoms with Gasteiger partial charge in [-0.05, 0) is 42.2 Å². The number of ether oxygens (including phenoxy) is 1. The molecule has 3 rings (SSSR count). The van der Waals surface area contributed by atoms with Crippen molar-refractivity contribution in [3.05, 3.63) is 64.2 Å². The predicted octanol–water partition coefficient (Wildman–Crippen LogP) is 3.84. The molecule has 29 heavy (non-hydrogen) atoms. The molecule has 7 heteroatoms. The van der Waals surface area contributed by atoms with Crippen LogP contribution in [0.25, 0.3) is 0 Å². The van der Waals surface area contributed by atoms with Gasteiger partial charge in [-0.3, -0.25) is 14.9 Å². The molecule has 0 aliphatic carbocycles. The number of hydrogen-bond donors (Lipinski definition) is 0. The Hall–Kier alpha value is -3.09. The third kappa shape index (κ3) is 5.25. The summed E-state index contributed by atoms with van der Waals surface area (Å²) in [7, 11) is 0. The van der Waals surface area contributed by atoms with Gasteiger partial charge in [-0.15, -0.1) is 0 Å². The Labute approximate surface area is 171 Å². The van der Waals surface area contributed by atoms with Gasteiger partial charge in [0.05, 0.1) is 4.92 Å². The van der Waals surface area contributed by atoms with Gasteiger partial charge in [0, 0.05) is 44.0 Å². The van der Waals surface area contributed by atoms with Crippen molar-refractivity contribution in [3.8, 4) is 5.75 Å². The van der Waals surface area contributed by atoms with E-state index >= 15 is 0 Å². The number of nitro benzene ring substituents is 1. The molecule has 1 heterocycles. The monoisotopic (exact) mass is 397 g/mol. The van der Waals surface area contributed by atoms with E-state index in [2.05, 4.69) is 30.9 Å². The highest BCUT2D eigenvalue weighted by Crippen LogP contribution is 2.22. The van der Waals surface area contributed by atoms with Crippen LogP contribution in [0.2, 0.25) is 0 Å². The highest BCUT2D eigenvalue weighted by Gasteiger charge is 2.22. The number of nitro groups is 1. The normalized spacial score (nSPS) is 15.1. The van der Waals surface area contributed by atoms with Crippen LogP contribution >= 0.6 is 0 Å². The lowest BCUT2D eigenvalue weighted by Gasteiger charge is -2.36. The van der Waals surface area contributed by atoms with Crippen molar-refractivity contribution in [2.75, 3.05) is 37.7 Å². The summed E-state index contributed by atoms with van der Waals surface area (Å²) >= 11 is 0. The van der Waals surface area contributed by atoms with E-state index in [9.17, 15) is 14.9 Å². The number of benzene rings is 2. The Balaban J connectivity index is 1.46. The van der Waals surface area contributed by atoms with E-state index in [1.165, 1.54) is 17.7 Å². The second-order valence-electron chi connectivity index (χ2n) is 7.31. The van der Waals surface area contributed by atoms with Crippen LogP contribution in [0.15, 0.2) is 48.5 Å². The molecule has 0 spiro atoms. The summed E-state index contributed by atoms with van der Waals surface area (Å²) < 4.78 is 5.67. The Kier molecular flexibility index (Phi) is 6.69. The molecule has 0 radical (unpaired) electrons. The minimum atomic E-state index is -0.404. The van der Waals surface area contributed by atoms with Crippen molar-refractivity contribution in [1.29, 1.82) is 0 Å². The van der Waals surface area contributed by atoms with E-state index in [0.717, 1.165) is 12.1 Å². The molecule has 0 bridgehead atoms. The zero-order valence-corrected chi connectivity index (χ0v) is 16.9. The zero-order valence-electron chi connectivity index (χ0n) is 16.9. The Bertz CT molecular complexity index is 828. The zero-order chi connectivity index (χ0) is 20.8. The number of nitrogens with zero attached hydrogens (tertiary/aromatic N) is 3. The standard InChI is InChI=1S/C22H27N3O4/c1-3-17(2)18-4-10-21(11-5-18)29-16-22(26)24-14-12-23(13-15-24)19-6-8-20(9-7-19)25(27)28/h4-11,17H,3,12-16H2,1-2H3. The lowest BCUT2D eigenvalue weighted by atomic mass is 9.99. The van der Waals surface area contributed by atoms with Crippen LogP contribution in [0.5, 0.6) is 5.75 Å². The number of hydrogen-bond acceptors (Lipinski definition) is 5. The first-order chi connectivity index (χ1) is 14.0. The highest BCUT2D eigenvalue weighted by molar-refractivity contribution is 5.78.